The van der Waals surface area contributed by atoms with E-state index in [0.29, 0.717) is 0 Å². The lowest BCUT2D eigenvalue weighted by Gasteiger charge is -2.05. The van der Waals surface area contributed by atoms with E-state index < -0.39 is 17.9 Å². The average molecular weight is 140 g/mol. The first kappa shape index (κ1) is 8.50. The second-order valence-corrected chi connectivity index (χ2v) is 1.74. The van der Waals surface area contributed by atoms with Crippen LogP contribution in [-0.2, 0) is 9.59 Å². The Balaban J connectivity index is 3.82. The van der Waals surface area contributed by atoms with Gasteiger partial charge in [-0.1, -0.05) is 0 Å². The smallest absolute Gasteiger partial charge is 0.296 e. The van der Waals surface area contributed by atoms with Crippen molar-refractivity contribution in [2.75, 3.05) is 0 Å². The minimum Gasteiger partial charge on any atom is -0.368 e. The molecule has 0 aliphatic heterocycles. The van der Waals surface area contributed by atoms with Gasteiger partial charge in [-0.25, -0.2) is 0 Å². The van der Waals surface area contributed by atoms with Crippen molar-refractivity contribution in [1.82, 2.24) is 5.32 Å². The molecule has 0 rings (SSSR count). The third-order valence-electron chi connectivity index (χ3n) is 0.905. The van der Waals surface area contributed by atoms with Gasteiger partial charge in [-0.3, -0.25) is 9.59 Å². The lowest BCUT2D eigenvalue weighted by Crippen LogP contribution is -2.41. The van der Waals surface area contributed by atoms with E-state index in [2.05, 4.69) is 5.32 Å². The minimum absolute atomic E-state index is 0.608. The van der Waals surface area contributed by atoms with Crippen LogP contribution in [-0.4, -0.2) is 17.9 Å². The van der Waals surface area contributed by atoms with Crippen molar-refractivity contribution in [3.8, 4) is 12.3 Å². The first-order valence-corrected chi connectivity index (χ1v) is 2.64. The largest absolute Gasteiger partial charge is 0.368 e. The average Bonchev–Trinajstić information content (AvgIpc) is 1.87. The molecule has 0 aliphatic carbocycles. The molecule has 0 aromatic rings. The van der Waals surface area contributed by atoms with Crippen LogP contribution >= 0.6 is 0 Å². The van der Waals surface area contributed by atoms with Gasteiger partial charge in [0, 0.05) is 0 Å². The number of hydrogen-bond donors (Lipinski definition) is 2. The molecule has 0 fully saturated rings. The summed E-state index contributed by atoms with van der Waals surface area (Å²) in [5, 5.41) is 2.18. The number of nitrogens with one attached hydrogen (secondary N) is 1. The molecule has 0 aromatic heterocycles. The predicted molar refractivity (Wildman–Crippen MR) is 35.6 cm³/mol. The summed E-state index contributed by atoms with van der Waals surface area (Å²) in [6.07, 6.45) is 4.71. The van der Waals surface area contributed by atoms with E-state index in [1.54, 1.807) is 5.92 Å². The first-order valence-electron chi connectivity index (χ1n) is 2.64. The normalized spacial score (nSPS) is 11.2. The van der Waals surface area contributed by atoms with Crippen molar-refractivity contribution >= 4 is 11.8 Å². The van der Waals surface area contributed by atoms with Gasteiger partial charge < -0.3 is 11.1 Å². The van der Waals surface area contributed by atoms with Gasteiger partial charge in [0.2, 0.25) is 5.91 Å². The zero-order valence-corrected chi connectivity index (χ0v) is 5.55. The summed E-state index contributed by atoms with van der Waals surface area (Å²) in [6.45, 7) is 1.46. The van der Waals surface area contributed by atoms with Gasteiger partial charge in [0.1, 0.15) is 6.04 Å². The fourth-order valence-corrected chi connectivity index (χ4v) is 0.309. The Morgan fingerprint density at radius 2 is 2.20 bits per heavy atom. The maximum Gasteiger partial charge on any atom is 0.296 e. The highest BCUT2D eigenvalue weighted by atomic mass is 16.2. The number of nitrogens with two attached hydrogens (primary N) is 1. The van der Waals surface area contributed by atoms with Crippen molar-refractivity contribution < 1.29 is 9.59 Å². The predicted octanol–water partition coefficient (Wildman–Crippen LogP) is -1.39. The number of carbonyl (C=O) groups is 2. The molecule has 0 saturated carbocycles. The maximum atomic E-state index is 10.4. The summed E-state index contributed by atoms with van der Waals surface area (Å²) >= 11 is 0. The van der Waals surface area contributed by atoms with Crippen LogP contribution in [0, 0.1) is 12.3 Å². The van der Waals surface area contributed by atoms with Crippen LogP contribution in [0.4, 0.5) is 0 Å². The Labute approximate surface area is 58.8 Å². The van der Waals surface area contributed by atoms with Crippen LogP contribution < -0.4 is 11.1 Å². The Morgan fingerprint density at radius 3 is 2.50 bits per heavy atom. The second-order valence-electron chi connectivity index (χ2n) is 1.74. The number of terminal acetylenes is 1. The van der Waals surface area contributed by atoms with E-state index in [0.717, 1.165) is 0 Å². The molecule has 0 bridgehead atoms. The van der Waals surface area contributed by atoms with Crippen LogP contribution in [0.15, 0.2) is 0 Å². The Bertz CT molecular complexity index is 192. The zero-order valence-electron chi connectivity index (χ0n) is 5.55. The van der Waals surface area contributed by atoms with Gasteiger partial charge in [-0.15, -0.1) is 6.42 Å². The summed E-state index contributed by atoms with van der Waals surface area (Å²) in [6, 6.07) is -0.705. The van der Waals surface area contributed by atoms with E-state index in [-0.39, 0.29) is 0 Å². The molecule has 0 unspecified atom stereocenters. The highest BCUT2D eigenvalue weighted by molar-refractivity contribution is 5.96. The van der Waals surface area contributed by atoms with Crippen LogP contribution in [0.3, 0.4) is 0 Å². The molecule has 3 N–H and O–H groups in total. The molecule has 0 heterocycles. The topological polar surface area (TPSA) is 72.2 Å². The molecular weight excluding hydrogens is 132 g/mol. The van der Waals surface area contributed by atoms with E-state index >= 15 is 0 Å². The summed E-state index contributed by atoms with van der Waals surface area (Å²) < 4.78 is 0. The molecule has 54 valence electrons. The van der Waals surface area contributed by atoms with E-state index in [1.807, 2.05) is 0 Å². The molecule has 4 nitrogen and oxygen atoms in total. The van der Waals surface area contributed by atoms with Crippen LogP contribution in [0.1, 0.15) is 6.92 Å². The Hall–Kier alpha value is -1.50. The zero-order chi connectivity index (χ0) is 8.15. The fourth-order valence-electron chi connectivity index (χ4n) is 0.309. The molecular formula is C6H8N2O2. The van der Waals surface area contributed by atoms with Gasteiger partial charge in [-0.05, 0) is 12.8 Å². The molecule has 0 radical (unpaired) electrons. The van der Waals surface area contributed by atoms with Crippen molar-refractivity contribution in [1.29, 1.82) is 0 Å². The van der Waals surface area contributed by atoms with Gasteiger partial charge in [0.05, 0.1) is 0 Å². The van der Waals surface area contributed by atoms with E-state index in [9.17, 15) is 9.59 Å². The summed E-state index contributed by atoms with van der Waals surface area (Å²) in [4.78, 5) is 20.7. The monoisotopic (exact) mass is 140 g/mol. The fraction of sp³-hybridized carbons (Fsp3) is 0.333. The second kappa shape index (κ2) is 3.51. The number of primary amides is 1. The molecule has 1 atom stereocenters. The molecule has 0 aromatic carbocycles. The maximum absolute atomic E-state index is 10.4. The van der Waals surface area contributed by atoms with Crippen LogP contribution in [0.25, 0.3) is 0 Å². The van der Waals surface area contributed by atoms with Crippen LogP contribution in [0.5, 0.6) is 0 Å². The number of hydrogen-bond acceptors (Lipinski definition) is 2. The third kappa shape index (κ3) is 2.72. The van der Waals surface area contributed by atoms with Crippen molar-refractivity contribution in [2.24, 2.45) is 5.73 Å². The number of rotatable bonds is 2. The van der Waals surface area contributed by atoms with E-state index in [4.69, 9.17) is 12.2 Å². The molecule has 2 amide bonds. The van der Waals surface area contributed by atoms with Crippen molar-refractivity contribution in [3.05, 3.63) is 0 Å². The van der Waals surface area contributed by atoms with E-state index in [1.165, 1.54) is 6.92 Å². The lowest BCUT2D eigenvalue weighted by atomic mass is 10.3. The van der Waals surface area contributed by atoms with Crippen molar-refractivity contribution in [2.45, 2.75) is 13.0 Å². The standard InChI is InChI=1S/C6H8N2O2/c1-3-5(9)8-4(2)6(7)10/h1,4H,2H3,(H2,7,10)(H,8,9)/t4-/m1/s1. The highest BCUT2D eigenvalue weighted by Crippen LogP contribution is 1.76. The summed E-state index contributed by atoms with van der Waals surface area (Å²) in [5.74, 6) is 0.552. The molecule has 0 aliphatic rings. The van der Waals surface area contributed by atoms with Gasteiger partial charge in [0.15, 0.2) is 0 Å². The van der Waals surface area contributed by atoms with Gasteiger partial charge in [0.25, 0.3) is 5.91 Å². The SMILES string of the molecule is C#CC(=O)N[C@H](C)C(N)=O. The quantitative estimate of drug-likeness (QED) is 0.463. The lowest BCUT2D eigenvalue weighted by molar-refractivity contribution is -0.124. The molecule has 10 heavy (non-hydrogen) atoms. The van der Waals surface area contributed by atoms with Crippen LogP contribution in [0.2, 0.25) is 0 Å². The molecule has 4 heteroatoms. The molecule has 0 saturated heterocycles. The highest BCUT2D eigenvalue weighted by Gasteiger charge is 2.08. The van der Waals surface area contributed by atoms with Gasteiger partial charge in [-0.2, -0.15) is 0 Å². The number of amides is 2. The minimum atomic E-state index is -0.705. The summed E-state index contributed by atoms with van der Waals surface area (Å²) in [5.41, 5.74) is 4.82. The molecule has 0 spiro atoms. The summed E-state index contributed by atoms with van der Waals surface area (Å²) in [7, 11) is 0. The first-order chi connectivity index (χ1) is 4.57. The Kier molecular flexibility index (Phi) is 2.98. The third-order valence-corrected chi connectivity index (χ3v) is 0.905. The Morgan fingerprint density at radius 1 is 1.70 bits per heavy atom. The van der Waals surface area contributed by atoms with Crippen molar-refractivity contribution in [3.63, 3.8) is 0 Å². The van der Waals surface area contributed by atoms with Gasteiger partial charge >= 0.3 is 0 Å². The number of carbonyl (C=O) groups excluding carboxylic acids is 2.